The number of hydrogen-bond donors (Lipinski definition) is 1. The normalized spacial score (nSPS) is 15.8. The highest BCUT2D eigenvalue weighted by Crippen LogP contribution is 2.24. The molecule has 1 aromatic carbocycles. The van der Waals surface area contributed by atoms with E-state index in [1.54, 1.807) is 7.05 Å². The zero-order chi connectivity index (χ0) is 20.1. The highest BCUT2D eigenvalue weighted by molar-refractivity contribution is 6.01. The van der Waals surface area contributed by atoms with Gasteiger partial charge in [0.1, 0.15) is 6.54 Å². The predicted molar refractivity (Wildman–Crippen MR) is 105 cm³/mol. The minimum absolute atomic E-state index is 0.0557. The largest absolute Gasteiger partial charge is 0.349 e. The summed E-state index contributed by atoms with van der Waals surface area (Å²) >= 11 is 0. The molecule has 1 aliphatic heterocycles. The van der Waals surface area contributed by atoms with Crippen molar-refractivity contribution >= 4 is 17.8 Å². The van der Waals surface area contributed by atoms with Crippen molar-refractivity contribution in [2.45, 2.75) is 52.5 Å². The number of carbonyl (C=O) groups excluding carboxylic acids is 3. The Morgan fingerprint density at radius 2 is 1.67 bits per heavy atom. The number of amides is 4. The lowest BCUT2D eigenvalue weighted by Gasteiger charge is -2.24. The van der Waals surface area contributed by atoms with E-state index in [2.05, 4.69) is 57.3 Å². The van der Waals surface area contributed by atoms with Crippen molar-refractivity contribution in [2.24, 2.45) is 5.92 Å². The molecule has 2 rings (SSSR count). The zero-order valence-corrected chi connectivity index (χ0v) is 17.0. The molecule has 0 aromatic heterocycles. The number of benzene rings is 1. The Labute approximate surface area is 161 Å². The minimum Gasteiger partial charge on any atom is -0.349 e. The van der Waals surface area contributed by atoms with Crippen molar-refractivity contribution in [3.05, 3.63) is 35.4 Å². The van der Waals surface area contributed by atoms with E-state index in [0.717, 1.165) is 5.56 Å². The minimum atomic E-state index is -0.286. The van der Waals surface area contributed by atoms with Crippen LogP contribution in [0.5, 0.6) is 0 Å². The van der Waals surface area contributed by atoms with Gasteiger partial charge in [0.15, 0.2) is 0 Å². The van der Waals surface area contributed by atoms with Crippen LogP contribution in [0.4, 0.5) is 4.79 Å². The molecule has 0 bridgehead atoms. The lowest BCUT2D eigenvalue weighted by atomic mass is 9.93. The zero-order valence-electron chi connectivity index (χ0n) is 17.0. The molecule has 1 N–H and O–H groups in total. The van der Waals surface area contributed by atoms with Crippen LogP contribution in [0.25, 0.3) is 0 Å². The lowest BCUT2D eigenvalue weighted by molar-refractivity contribution is -0.126. The highest BCUT2D eigenvalue weighted by Gasteiger charge is 2.32. The number of nitrogens with one attached hydrogen (secondary N) is 1. The van der Waals surface area contributed by atoms with Crippen LogP contribution in [-0.2, 0) is 9.59 Å². The van der Waals surface area contributed by atoms with Crippen LogP contribution in [-0.4, -0.2) is 47.8 Å². The van der Waals surface area contributed by atoms with Crippen molar-refractivity contribution in [1.82, 2.24) is 15.1 Å². The second-order valence-electron chi connectivity index (χ2n) is 7.90. The van der Waals surface area contributed by atoms with Crippen LogP contribution in [0.2, 0.25) is 0 Å². The number of nitrogens with zero attached hydrogens (tertiary/aromatic N) is 2. The van der Waals surface area contributed by atoms with Crippen LogP contribution < -0.4 is 5.32 Å². The van der Waals surface area contributed by atoms with Gasteiger partial charge in [-0.1, -0.05) is 52.0 Å². The molecule has 148 valence electrons. The van der Waals surface area contributed by atoms with Gasteiger partial charge in [0.05, 0.1) is 6.04 Å². The Morgan fingerprint density at radius 1 is 1.07 bits per heavy atom. The third-order valence-electron chi connectivity index (χ3n) is 4.96. The maximum absolute atomic E-state index is 12.4. The van der Waals surface area contributed by atoms with E-state index in [-0.39, 0.29) is 49.3 Å². The van der Waals surface area contributed by atoms with Gasteiger partial charge in [-0.05, 0) is 29.4 Å². The summed E-state index contributed by atoms with van der Waals surface area (Å²) in [5, 5.41) is 3.10. The molecule has 1 heterocycles. The van der Waals surface area contributed by atoms with Crippen molar-refractivity contribution in [1.29, 1.82) is 0 Å². The molecule has 0 saturated carbocycles. The van der Waals surface area contributed by atoms with Crippen molar-refractivity contribution in [3.63, 3.8) is 0 Å². The monoisotopic (exact) mass is 373 g/mol. The first-order valence-electron chi connectivity index (χ1n) is 9.65. The molecular weight excluding hydrogens is 342 g/mol. The summed E-state index contributed by atoms with van der Waals surface area (Å²) in [6.45, 7) is 8.88. The summed E-state index contributed by atoms with van der Waals surface area (Å²) in [4.78, 5) is 38.6. The third-order valence-corrected chi connectivity index (χ3v) is 4.96. The fraction of sp³-hybridized carbons (Fsp3) is 0.571. The standard InChI is InChI=1S/C21H31N3O3/c1-14(2)16-8-10-17(11-9-16)20(15(3)4)22-18(25)7-6-12-24-19(26)13-23(5)21(24)27/h8-11,14-15,20H,6-7,12-13H2,1-5H3,(H,22,25). The summed E-state index contributed by atoms with van der Waals surface area (Å²) in [6, 6.07) is 8.05. The van der Waals surface area contributed by atoms with Gasteiger partial charge in [-0.25, -0.2) is 4.79 Å². The molecule has 27 heavy (non-hydrogen) atoms. The molecule has 0 radical (unpaired) electrons. The second kappa shape index (κ2) is 9.02. The average molecular weight is 373 g/mol. The molecule has 6 heteroatoms. The van der Waals surface area contributed by atoms with Gasteiger partial charge in [-0.2, -0.15) is 0 Å². The SMILES string of the molecule is CC(C)c1ccc(C(NC(=O)CCCN2C(=O)CN(C)C2=O)C(C)C)cc1. The van der Waals surface area contributed by atoms with Crippen LogP contribution in [0.3, 0.4) is 0 Å². The first kappa shape index (κ1) is 20.9. The summed E-state index contributed by atoms with van der Waals surface area (Å²) < 4.78 is 0. The van der Waals surface area contributed by atoms with E-state index in [4.69, 9.17) is 0 Å². The van der Waals surface area contributed by atoms with E-state index in [0.29, 0.717) is 12.3 Å². The van der Waals surface area contributed by atoms with Crippen LogP contribution in [0.15, 0.2) is 24.3 Å². The summed E-state index contributed by atoms with van der Waals surface area (Å²) in [5.41, 5.74) is 2.37. The van der Waals surface area contributed by atoms with Crippen molar-refractivity contribution in [2.75, 3.05) is 20.1 Å². The van der Waals surface area contributed by atoms with Gasteiger partial charge in [0.2, 0.25) is 11.8 Å². The maximum atomic E-state index is 12.4. The summed E-state index contributed by atoms with van der Waals surface area (Å²) in [6.07, 6.45) is 0.752. The van der Waals surface area contributed by atoms with Gasteiger partial charge in [-0.15, -0.1) is 0 Å². The molecule has 1 saturated heterocycles. The van der Waals surface area contributed by atoms with Crippen molar-refractivity contribution in [3.8, 4) is 0 Å². The first-order valence-corrected chi connectivity index (χ1v) is 9.65. The Bertz CT molecular complexity index is 682. The maximum Gasteiger partial charge on any atom is 0.326 e. The van der Waals surface area contributed by atoms with Gasteiger partial charge >= 0.3 is 6.03 Å². The Balaban J connectivity index is 1.89. The Kier molecular flexibility index (Phi) is 6.99. The molecule has 1 aromatic rings. The van der Waals surface area contributed by atoms with Crippen molar-refractivity contribution < 1.29 is 14.4 Å². The quantitative estimate of drug-likeness (QED) is 0.711. The lowest BCUT2D eigenvalue weighted by Crippen LogP contribution is -2.34. The Hall–Kier alpha value is -2.37. The number of rotatable bonds is 8. The smallest absolute Gasteiger partial charge is 0.326 e. The molecule has 1 aliphatic rings. The molecule has 4 amide bonds. The van der Waals surface area contributed by atoms with Crippen LogP contribution >= 0.6 is 0 Å². The molecule has 0 spiro atoms. The van der Waals surface area contributed by atoms with Crippen LogP contribution in [0, 0.1) is 5.92 Å². The summed E-state index contributed by atoms with van der Waals surface area (Å²) in [7, 11) is 1.60. The molecule has 1 fully saturated rings. The summed E-state index contributed by atoms with van der Waals surface area (Å²) in [5.74, 6) is 0.470. The fourth-order valence-corrected chi connectivity index (χ4v) is 3.26. The number of hydrogen-bond acceptors (Lipinski definition) is 3. The molecule has 0 aliphatic carbocycles. The number of carbonyl (C=O) groups is 3. The fourth-order valence-electron chi connectivity index (χ4n) is 3.26. The van der Waals surface area contributed by atoms with E-state index >= 15 is 0 Å². The molecular formula is C21H31N3O3. The molecule has 6 nitrogen and oxygen atoms in total. The topological polar surface area (TPSA) is 69.7 Å². The third kappa shape index (κ3) is 5.31. The van der Waals surface area contributed by atoms with E-state index in [1.165, 1.54) is 15.4 Å². The second-order valence-corrected chi connectivity index (χ2v) is 7.90. The van der Waals surface area contributed by atoms with Gasteiger partial charge in [-0.3, -0.25) is 14.5 Å². The Morgan fingerprint density at radius 3 is 2.15 bits per heavy atom. The number of likely N-dealkylation sites (N-methyl/N-ethyl adjacent to an activating group) is 1. The first-order chi connectivity index (χ1) is 12.7. The number of imide groups is 1. The predicted octanol–water partition coefficient (Wildman–Crippen LogP) is 3.30. The van der Waals surface area contributed by atoms with Gasteiger partial charge in [0, 0.05) is 20.0 Å². The van der Waals surface area contributed by atoms with E-state index in [9.17, 15) is 14.4 Å². The van der Waals surface area contributed by atoms with E-state index < -0.39 is 0 Å². The highest BCUT2D eigenvalue weighted by atomic mass is 16.2. The molecule has 1 unspecified atom stereocenters. The number of urea groups is 1. The van der Waals surface area contributed by atoms with E-state index in [1.807, 2.05) is 0 Å². The molecule has 1 atom stereocenters. The average Bonchev–Trinajstić information content (AvgIpc) is 2.85. The van der Waals surface area contributed by atoms with Gasteiger partial charge in [0.25, 0.3) is 0 Å². The van der Waals surface area contributed by atoms with Crippen LogP contribution in [0.1, 0.15) is 63.6 Å². The van der Waals surface area contributed by atoms with Gasteiger partial charge < -0.3 is 10.2 Å².